The van der Waals surface area contributed by atoms with Gasteiger partial charge in [0.2, 0.25) is 5.89 Å². The predicted molar refractivity (Wildman–Crippen MR) is 95.3 cm³/mol. The van der Waals surface area contributed by atoms with Gasteiger partial charge in [-0.05, 0) is 20.8 Å². The van der Waals surface area contributed by atoms with Crippen molar-refractivity contribution in [3.8, 4) is 0 Å². The first-order valence-electron chi connectivity index (χ1n) is 6.37. The van der Waals surface area contributed by atoms with Crippen LogP contribution in [0.1, 0.15) is 27.2 Å². The van der Waals surface area contributed by atoms with Crippen LogP contribution in [-0.2, 0) is 13.1 Å². The van der Waals surface area contributed by atoms with Crippen LogP contribution < -0.4 is 10.6 Å². The summed E-state index contributed by atoms with van der Waals surface area (Å²) in [5, 5.41) is 7.41. The maximum atomic E-state index is 5.51. The molecule has 116 valence electrons. The van der Waals surface area contributed by atoms with E-state index in [2.05, 4.69) is 25.6 Å². The molecule has 0 spiro atoms. The first-order chi connectivity index (χ1) is 9.58. The highest BCUT2D eigenvalue weighted by Crippen LogP contribution is 2.10. The Balaban J connectivity index is 0.00000220. The van der Waals surface area contributed by atoms with Crippen molar-refractivity contribution in [2.45, 2.75) is 33.9 Å². The quantitative estimate of drug-likeness (QED) is 0.451. The van der Waals surface area contributed by atoms with Gasteiger partial charge < -0.3 is 15.1 Å². The normalized spacial score (nSPS) is 11.1. The second-order valence-electron chi connectivity index (χ2n) is 4.39. The highest BCUT2D eigenvalue weighted by molar-refractivity contribution is 14.0. The molecule has 6 nitrogen and oxygen atoms in total. The summed E-state index contributed by atoms with van der Waals surface area (Å²) >= 11 is 1.67. The Morgan fingerprint density at radius 1 is 1.29 bits per heavy atom. The van der Waals surface area contributed by atoms with Crippen LogP contribution in [0.2, 0.25) is 0 Å². The molecule has 2 aromatic rings. The predicted octanol–water partition coefficient (Wildman–Crippen LogP) is 2.54. The number of aliphatic imine (C=N–C) groups is 1. The molecule has 21 heavy (non-hydrogen) atoms. The minimum Gasteiger partial charge on any atom is -0.444 e. The highest BCUT2D eigenvalue weighted by atomic mass is 127. The molecule has 0 amide bonds. The molecule has 0 aliphatic carbocycles. The third-order valence-corrected chi connectivity index (χ3v) is 3.69. The van der Waals surface area contributed by atoms with Crippen LogP contribution in [0.4, 0.5) is 0 Å². The summed E-state index contributed by atoms with van der Waals surface area (Å²) in [6.07, 6.45) is 1.87. The lowest BCUT2D eigenvalue weighted by atomic mass is 10.4. The standard InChI is InChI=1S/C13H19N5OS.HI/c1-8-5-15-12(20-8)7-17-13(14-4)16-6-11-18-9(2)10(3)19-11;/h5H,6-7H2,1-4H3,(H2,14,16,17);1H. The molecule has 0 aliphatic rings. The number of hydrogen-bond acceptors (Lipinski definition) is 5. The molecule has 2 aromatic heterocycles. The average molecular weight is 421 g/mol. The van der Waals surface area contributed by atoms with Gasteiger partial charge in [-0.3, -0.25) is 4.99 Å². The lowest BCUT2D eigenvalue weighted by Crippen LogP contribution is -2.36. The average Bonchev–Trinajstić information content (AvgIpc) is 2.97. The Bertz CT molecular complexity index is 588. The van der Waals surface area contributed by atoms with E-state index in [-0.39, 0.29) is 24.0 Å². The Labute approximate surface area is 145 Å². The van der Waals surface area contributed by atoms with E-state index in [0.717, 1.165) is 16.5 Å². The number of rotatable bonds is 4. The summed E-state index contributed by atoms with van der Waals surface area (Å²) in [4.78, 5) is 14.0. The molecule has 0 radical (unpaired) electrons. The molecular weight excluding hydrogens is 401 g/mol. The summed E-state index contributed by atoms with van der Waals surface area (Å²) in [5.41, 5.74) is 0.919. The van der Waals surface area contributed by atoms with Crippen LogP contribution in [0, 0.1) is 20.8 Å². The van der Waals surface area contributed by atoms with Crippen molar-refractivity contribution in [3.63, 3.8) is 0 Å². The molecule has 0 bridgehead atoms. The lowest BCUT2D eigenvalue weighted by molar-refractivity contribution is 0.463. The zero-order chi connectivity index (χ0) is 14.5. The van der Waals surface area contributed by atoms with Gasteiger partial charge in [-0.1, -0.05) is 0 Å². The summed E-state index contributed by atoms with van der Waals surface area (Å²) in [7, 11) is 1.73. The van der Waals surface area contributed by atoms with Crippen LogP contribution in [-0.4, -0.2) is 23.0 Å². The van der Waals surface area contributed by atoms with E-state index in [1.54, 1.807) is 18.4 Å². The van der Waals surface area contributed by atoms with E-state index in [0.29, 0.717) is 24.9 Å². The first-order valence-corrected chi connectivity index (χ1v) is 7.19. The minimum atomic E-state index is 0. The third-order valence-electron chi connectivity index (χ3n) is 2.78. The fourth-order valence-corrected chi connectivity index (χ4v) is 2.36. The van der Waals surface area contributed by atoms with Crippen molar-refractivity contribution >= 4 is 41.3 Å². The van der Waals surface area contributed by atoms with Crippen LogP contribution in [0.3, 0.4) is 0 Å². The van der Waals surface area contributed by atoms with Gasteiger partial charge >= 0.3 is 0 Å². The van der Waals surface area contributed by atoms with E-state index < -0.39 is 0 Å². The van der Waals surface area contributed by atoms with E-state index in [9.17, 15) is 0 Å². The zero-order valence-electron chi connectivity index (χ0n) is 12.6. The lowest BCUT2D eigenvalue weighted by Gasteiger charge is -2.08. The molecule has 0 aliphatic heterocycles. The van der Waals surface area contributed by atoms with Crippen LogP contribution in [0.25, 0.3) is 0 Å². The number of halogens is 1. The van der Waals surface area contributed by atoms with E-state index in [1.165, 1.54) is 4.88 Å². The highest BCUT2D eigenvalue weighted by Gasteiger charge is 2.06. The van der Waals surface area contributed by atoms with Crippen molar-refractivity contribution in [3.05, 3.63) is 33.4 Å². The number of aryl methyl sites for hydroxylation is 3. The molecule has 0 fully saturated rings. The number of nitrogens with zero attached hydrogens (tertiary/aromatic N) is 3. The maximum Gasteiger partial charge on any atom is 0.214 e. The molecule has 0 saturated heterocycles. The monoisotopic (exact) mass is 421 g/mol. The van der Waals surface area contributed by atoms with Crippen LogP contribution in [0.15, 0.2) is 15.6 Å². The smallest absolute Gasteiger partial charge is 0.214 e. The second kappa shape index (κ2) is 8.32. The molecule has 2 rings (SSSR count). The van der Waals surface area contributed by atoms with Gasteiger partial charge in [-0.15, -0.1) is 35.3 Å². The number of nitrogens with one attached hydrogen (secondary N) is 2. The van der Waals surface area contributed by atoms with Crippen LogP contribution >= 0.6 is 35.3 Å². The SMILES string of the molecule is CN=C(NCc1nc(C)c(C)o1)NCc1ncc(C)s1.I. The van der Waals surface area contributed by atoms with E-state index >= 15 is 0 Å². The van der Waals surface area contributed by atoms with Gasteiger partial charge in [0.05, 0.1) is 18.8 Å². The van der Waals surface area contributed by atoms with Gasteiger partial charge in [0.1, 0.15) is 10.8 Å². The van der Waals surface area contributed by atoms with Crippen molar-refractivity contribution in [1.82, 2.24) is 20.6 Å². The minimum absolute atomic E-state index is 0. The Kier molecular flexibility index (Phi) is 7.09. The summed E-state index contributed by atoms with van der Waals surface area (Å²) < 4.78 is 5.51. The molecule has 8 heteroatoms. The zero-order valence-corrected chi connectivity index (χ0v) is 15.7. The fourth-order valence-electron chi connectivity index (χ4n) is 1.64. The number of guanidine groups is 1. The summed E-state index contributed by atoms with van der Waals surface area (Å²) in [6.45, 7) is 7.04. The van der Waals surface area contributed by atoms with Gasteiger partial charge in [0, 0.05) is 18.1 Å². The first kappa shape index (κ1) is 17.9. The molecule has 2 heterocycles. The summed E-state index contributed by atoms with van der Waals surface area (Å²) in [5.74, 6) is 2.21. The molecule has 0 saturated carbocycles. The van der Waals surface area contributed by atoms with Crippen LogP contribution in [0.5, 0.6) is 0 Å². The fraction of sp³-hybridized carbons (Fsp3) is 0.462. The maximum absolute atomic E-state index is 5.51. The molecule has 2 N–H and O–H groups in total. The Hall–Kier alpha value is -1.16. The van der Waals surface area contributed by atoms with Crippen molar-refractivity contribution < 1.29 is 4.42 Å². The van der Waals surface area contributed by atoms with Crippen molar-refractivity contribution in [1.29, 1.82) is 0 Å². The topological polar surface area (TPSA) is 75.3 Å². The molecule has 0 unspecified atom stereocenters. The van der Waals surface area contributed by atoms with E-state index in [4.69, 9.17) is 4.42 Å². The molecular formula is C13H20IN5OS. The molecule has 0 atom stereocenters. The van der Waals surface area contributed by atoms with E-state index in [1.807, 2.05) is 27.0 Å². The molecule has 0 aromatic carbocycles. The van der Waals surface area contributed by atoms with Crippen molar-refractivity contribution in [2.24, 2.45) is 4.99 Å². The number of aromatic nitrogens is 2. The number of hydrogen-bond donors (Lipinski definition) is 2. The number of oxazole rings is 1. The largest absolute Gasteiger partial charge is 0.444 e. The van der Waals surface area contributed by atoms with Gasteiger partial charge in [0.15, 0.2) is 5.96 Å². The van der Waals surface area contributed by atoms with Gasteiger partial charge in [0.25, 0.3) is 0 Å². The Morgan fingerprint density at radius 2 is 2.00 bits per heavy atom. The van der Waals surface area contributed by atoms with Crippen molar-refractivity contribution in [2.75, 3.05) is 7.05 Å². The second-order valence-corrected chi connectivity index (χ2v) is 5.71. The number of thiazole rings is 1. The van der Waals surface area contributed by atoms with Gasteiger partial charge in [-0.25, -0.2) is 9.97 Å². The van der Waals surface area contributed by atoms with Gasteiger partial charge in [-0.2, -0.15) is 0 Å². The Morgan fingerprint density at radius 3 is 2.52 bits per heavy atom. The third kappa shape index (κ3) is 5.27. The summed E-state index contributed by atoms with van der Waals surface area (Å²) in [6, 6.07) is 0.